The Bertz CT molecular complexity index is 789. The monoisotopic (exact) mass is 385 g/mol. The standard InChI is InChI=1S/C16H24FN5O3S/c1-15(2)13(21-14(23)24)22-16(3,10-5-4-8-19-26(10,15)25)12-9(17)6-7-11(18)20-12/h6-7,10,19,25H,4-5,8H2,1-3H3,(H2,18,20)(H,21,22)(H,23,24)/t10-,16+/m1/s1. The summed E-state index contributed by atoms with van der Waals surface area (Å²) in [5.41, 5.74) is 4.51. The van der Waals surface area contributed by atoms with Gasteiger partial charge < -0.3 is 15.4 Å². The number of anilines is 1. The Hall–Kier alpha value is -1.91. The number of nitrogens with two attached hydrogens (primary N) is 1. The van der Waals surface area contributed by atoms with E-state index in [4.69, 9.17) is 5.73 Å². The molecule has 10 heteroatoms. The van der Waals surface area contributed by atoms with E-state index >= 15 is 0 Å². The van der Waals surface area contributed by atoms with Gasteiger partial charge in [-0.05, 0) is 45.7 Å². The lowest BCUT2D eigenvalue weighted by atomic mass is 9.88. The molecule has 1 fully saturated rings. The lowest BCUT2D eigenvalue weighted by Crippen LogP contribution is -2.63. The second kappa shape index (κ2) is 6.07. The molecule has 3 atom stereocenters. The summed E-state index contributed by atoms with van der Waals surface area (Å²) in [6.07, 6.45) is 0.100. The molecule has 2 aliphatic heterocycles. The molecule has 0 radical (unpaired) electrons. The number of nitrogens with zero attached hydrogens (tertiary/aromatic N) is 2. The van der Waals surface area contributed by atoms with Crippen molar-refractivity contribution < 1.29 is 18.8 Å². The van der Waals surface area contributed by atoms with Crippen molar-refractivity contribution in [1.82, 2.24) is 15.0 Å². The van der Waals surface area contributed by atoms with Crippen molar-refractivity contribution in [3.63, 3.8) is 0 Å². The van der Waals surface area contributed by atoms with Crippen molar-refractivity contribution in [2.75, 3.05) is 12.3 Å². The number of carboxylic acid groups (broad SMARTS) is 1. The molecular formula is C16H24FN5O3S. The molecule has 0 saturated carbocycles. The second-order valence-electron chi connectivity index (χ2n) is 7.27. The van der Waals surface area contributed by atoms with Crippen LogP contribution in [0.2, 0.25) is 0 Å². The van der Waals surface area contributed by atoms with Crippen molar-refractivity contribution >= 4 is 28.2 Å². The normalized spacial score (nSPS) is 35.6. The van der Waals surface area contributed by atoms with Gasteiger partial charge in [0, 0.05) is 6.54 Å². The van der Waals surface area contributed by atoms with Gasteiger partial charge in [0.05, 0.1) is 10.00 Å². The van der Waals surface area contributed by atoms with E-state index in [-0.39, 0.29) is 17.3 Å². The summed E-state index contributed by atoms with van der Waals surface area (Å²) in [4.78, 5) is 20.0. The van der Waals surface area contributed by atoms with Crippen LogP contribution >= 0.6 is 10.5 Å². The third kappa shape index (κ3) is 2.63. The zero-order chi connectivity index (χ0) is 19.3. The fourth-order valence-corrected chi connectivity index (χ4v) is 7.28. The largest absolute Gasteiger partial charge is 0.465 e. The summed E-state index contributed by atoms with van der Waals surface area (Å²) in [6.45, 7) is 5.75. The number of halogens is 1. The Kier molecular flexibility index (Phi) is 4.40. The van der Waals surface area contributed by atoms with E-state index in [1.165, 1.54) is 12.1 Å². The average Bonchev–Trinajstić information content (AvgIpc) is 2.55. The van der Waals surface area contributed by atoms with Crippen molar-refractivity contribution in [3.8, 4) is 0 Å². The Morgan fingerprint density at radius 3 is 2.81 bits per heavy atom. The van der Waals surface area contributed by atoms with Crippen LogP contribution < -0.4 is 15.8 Å². The van der Waals surface area contributed by atoms with E-state index in [0.29, 0.717) is 13.0 Å². The van der Waals surface area contributed by atoms with Crippen molar-refractivity contribution in [3.05, 3.63) is 23.6 Å². The number of aromatic nitrogens is 1. The number of fused-ring (bicyclic) bond motifs is 1. The van der Waals surface area contributed by atoms with E-state index in [1.54, 1.807) is 20.8 Å². The molecule has 3 heterocycles. The van der Waals surface area contributed by atoms with Gasteiger partial charge in [-0.3, -0.25) is 15.0 Å². The van der Waals surface area contributed by atoms with Gasteiger partial charge in [0.25, 0.3) is 0 Å². The maximum atomic E-state index is 14.6. The fraction of sp³-hybridized carbons (Fsp3) is 0.562. The van der Waals surface area contributed by atoms with Crippen LogP contribution in [0.5, 0.6) is 0 Å². The highest BCUT2D eigenvalue weighted by Gasteiger charge is 2.60. The van der Waals surface area contributed by atoms with Crippen LogP contribution in [0.15, 0.2) is 17.1 Å². The lowest BCUT2D eigenvalue weighted by Gasteiger charge is -2.61. The van der Waals surface area contributed by atoms with Gasteiger partial charge >= 0.3 is 6.09 Å². The van der Waals surface area contributed by atoms with Crippen LogP contribution in [0.3, 0.4) is 0 Å². The number of nitrogens with one attached hydrogen (secondary N) is 2. The van der Waals surface area contributed by atoms with Gasteiger partial charge in [0.2, 0.25) is 0 Å². The van der Waals surface area contributed by atoms with Crippen molar-refractivity contribution in [2.45, 2.75) is 49.1 Å². The maximum absolute atomic E-state index is 14.6. The average molecular weight is 385 g/mol. The number of amides is 1. The molecule has 1 amide bonds. The van der Waals surface area contributed by atoms with E-state index in [1.807, 2.05) is 0 Å². The van der Waals surface area contributed by atoms with Crippen molar-refractivity contribution in [1.29, 1.82) is 0 Å². The number of pyridine rings is 1. The molecule has 1 aromatic rings. The number of aliphatic imine (C=N–C) groups is 1. The third-order valence-electron chi connectivity index (χ3n) is 5.27. The van der Waals surface area contributed by atoms with E-state index < -0.39 is 37.9 Å². The van der Waals surface area contributed by atoms with Crippen LogP contribution in [0.25, 0.3) is 0 Å². The molecule has 0 aromatic carbocycles. The van der Waals surface area contributed by atoms with Crippen LogP contribution in [0.4, 0.5) is 15.0 Å². The van der Waals surface area contributed by atoms with Gasteiger partial charge in [-0.25, -0.2) is 14.2 Å². The summed E-state index contributed by atoms with van der Waals surface area (Å²) in [6, 6.07) is 2.57. The smallest absolute Gasteiger partial charge is 0.410 e. The van der Waals surface area contributed by atoms with Gasteiger partial charge in [0.1, 0.15) is 28.7 Å². The van der Waals surface area contributed by atoms with Gasteiger partial charge in [-0.2, -0.15) is 0 Å². The minimum atomic E-state index is -2.59. The summed E-state index contributed by atoms with van der Waals surface area (Å²) < 4.78 is 28.5. The summed E-state index contributed by atoms with van der Waals surface area (Å²) in [5, 5.41) is 11.1. The first-order valence-electron chi connectivity index (χ1n) is 8.34. The molecule has 26 heavy (non-hydrogen) atoms. The van der Waals surface area contributed by atoms with Crippen LogP contribution in [0, 0.1) is 5.82 Å². The number of nitrogen functional groups attached to an aromatic ring is 1. The minimum absolute atomic E-state index is 0.0114. The Labute approximate surface area is 152 Å². The Morgan fingerprint density at radius 2 is 2.15 bits per heavy atom. The van der Waals surface area contributed by atoms with E-state index in [0.717, 1.165) is 6.42 Å². The summed E-state index contributed by atoms with van der Waals surface area (Å²) in [7, 11) is -2.59. The number of carbonyl (C=O) groups is 1. The molecule has 0 bridgehead atoms. The molecule has 8 nitrogen and oxygen atoms in total. The Morgan fingerprint density at radius 1 is 1.46 bits per heavy atom. The zero-order valence-electron chi connectivity index (χ0n) is 14.9. The predicted molar refractivity (Wildman–Crippen MR) is 99.9 cm³/mol. The molecule has 6 N–H and O–H groups in total. The SMILES string of the molecule is CC1(C)C(NC(=O)O)=N[C@](C)(c2nc(N)ccc2F)[C@H]2CCCNS21O. The molecule has 0 spiro atoms. The zero-order valence-corrected chi connectivity index (χ0v) is 15.7. The van der Waals surface area contributed by atoms with E-state index in [9.17, 15) is 18.8 Å². The molecular weight excluding hydrogens is 361 g/mol. The van der Waals surface area contributed by atoms with Gasteiger partial charge in [-0.1, -0.05) is 10.5 Å². The summed E-state index contributed by atoms with van der Waals surface area (Å²) in [5.74, 6) is -0.371. The highest BCUT2D eigenvalue weighted by Crippen LogP contribution is 2.66. The molecule has 1 aromatic heterocycles. The highest BCUT2D eigenvalue weighted by atomic mass is 32.3. The minimum Gasteiger partial charge on any atom is -0.465 e. The van der Waals surface area contributed by atoms with Crippen molar-refractivity contribution in [2.24, 2.45) is 4.99 Å². The first-order valence-corrected chi connectivity index (χ1v) is 9.99. The lowest BCUT2D eigenvalue weighted by molar-refractivity contribution is 0.199. The van der Waals surface area contributed by atoms with Crippen LogP contribution in [-0.2, 0) is 5.54 Å². The molecule has 144 valence electrons. The Balaban J connectivity index is 2.28. The third-order valence-corrected chi connectivity index (χ3v) is 9.18. The number of hydrogen-bond acceptors (Lipinski definition) is 6. The highest BCUT2D eigenvalue weighted by molar-refractivity contribution is 8.29. The maximum Gasteiger partial charge on any atom is 0.410 e. The van der Waals surface area contributed by atoms with Crippen LogP contribution in [0.1, 0.15) is 39.3 Å². The quantitative estimate of drug-likeness (QED) is 0.504. The number of hydrogen-bond donors (Lipinski definition) is 5. The topological polar surface area (TPSA) is 133 Å². The predicted octanol–water partition coefficient (Wildman–Crippen LogP) is 2.42. The first-order chi connectivity index (χ1) is 12.0. The summed E-state index contributed by atoms with van der Waals surface area (Å²) >= 11 is 0. The molecule has 1 saturated heterocycles. The second-order valence-corrected chi connectivity index (χ2v) is 10.4. The molecule has 2 aliphatic rings. The number of rotatable bonds is 1. The number of amidine groups is 1. The molecule has 0 aliphatic carbocycles. The van der Waals surface area contributed by atoms with Gasteiger partial charge in [0.15, 0.2) is 0 Å². The van der Waals surface area contributed by atoms with Crippen LogP contribution in [-0.4, -0.2) is 43.1 Å². The van der Waals surface area contributed by atoms with E-state index in [2.05, 4.69) is 20.0 Å². The molecule has 3 rings (SSSR count). The first kappa shape index (κ1) is 18.9. The fourth-order valence-electron chi connectivity index (χ4n) is 3.82. The molecule has 1 unspecified atom stereocenters. The van der Waals surface area contributed by atoms with Gasteiger partial charge in [-0.15, -0.1) is 0 Å².